The van der Waals surface area contributed by atoms with Crippen LogP contribution in [0.4, 0.5) is 5.82 Å². The molecule has 1 amide bonds. The van der Waals surface area contributed by atoms with E-state index >= 15 is 0 Å². The van der Waals surface area contributed by atoms with Crippen LogP contribution in [0.2, 0.25) is 0 Å². The van der Waals surface area contributed by atoms with Gasteiger partial charge in [-0.1, -0.05) is 0 Å². The third-order valence-electron chi connectivity index (χ3n) is 2.23. The fraction of sp³-hybridized carbons (Fsp3) is 0.333. The van der Waals surface area contributed by atoms with E-state index in [4.69, 9.17) is 5.73 Å². The normalized spacial score (nSPS) is 10.6. The standard InChI is InChI=1S/C9H12N6O/c1-14(2)6(16)3-15-5-13-7-8(10)11-4-12-9(7)15/h4-5H,3H2,1-2H3,(H2,10,11,12). The minimum atomic E-state index is -0.0310. The summed E-state index contributed by atoms with van der Waals surface area (Å²) in [5, 5.41) is 0. The lowest BCUT2D eigenvalue weighted by molar-refractivity contribution is -0.129. The molecule has 0 saturated heterocycles. The number of hydrogen-bond donors (Lipinski definition) is 1. The van der Waals surface area contributed by atoms with E-state index in [9.17, 15) is 4.79 Å². The van der Waals surface area contributed by atoms with Gasteiger partial charge in [0.2, 0.25) is 5.91 Å². The van der Waals surface area contributed by atoms with Gasteiger partial charge in [0.25, 0.3) is 0 Å². The van der Waals surface area contributed by atoms with Crippen LogP contribution in [0.3, 0.4) is 0 Å². The molecule has 0 spiro atoms. The molecule has 0 radical (unpaired) electrons. The van der Waals surface area contributed by atoms with Gasteiger partial charge in [-0.05, 0) is 0 Å². The lowest BCUT2D eigenvalue weighted by atomic mass is 10.5. The summed E-state index contributed by atoms with van der Waals surface area (Å²) in [5.41, 5.74) is 6.73. The van der Waals surface area contributed by atoms with E-state index in [0.717, 1.165) is 0 Å². The lowest BCUT2D eigenvalue weighted by Crippen LogP contribution is -2.26. The number of nitrogen functional groups attached to an aromatic ring is 1. The molecule has 0 fully saturated rings. The number of fused-ring (bicyclic) bond motifs is 1. The number of imidazole rings is 1. The number of amides is 1. The zero-order valence-electron chi connectivity index (χ0n) is 9.08. The number of nitrogens with two attached hydrogens (primary N) is 1. The zero-order valence-corrected chi connectivity index (χ0v) is 9.08. The number of hydrogen-bond acceptors (Lipinski definition) is 5. The molecule has 0 atom stereocenters. The van der Waals surface area contributed by atoms with Crippen molar-refractivity contribution in [1.29, 1.82) is 0 Å². The highest BCUT2D eigenvalue weighted by Gasteiger charge is 2.11. The maximum atomic E-state index is 11.5. The number of rotatable bonds is 2. The Balaban J connectivity index is 2.39. The van der Waals surface area contributed by atoms with Gasteiger partial charge in [0.1, 0.15) is 18.4 Å². The van der Waals surface area contributed by atoms with Gasteiger partial charge in [-0.25, -0.2) is 15.0 Å². The van der Waals surface area contributed by atoms with Crippen LogP contribution >= 0.6 is 0 Å². The second-order valence-corrected chi connectivity index (χ2v) is 3.59. The van der Waals surface area contributed by atoms with Crippen LogP contribution in [0.5, 0.6) is 0 Å². The van der Waals surface area contributed by atoms with Crippen LogP contribution < -0.4 is 5.73 Å². The van der Waals surface area contributed by atoms with Crippen LogP contribution in [0, 0.1) is 0 Å². The molecule has 0 aliphatic rings. The molecule has 84 valence electrons. The molecule has 0 saturated carbocycles. The van der Waals surface area contributed by atoms with Gasteiger partial charge in [0.05, 0.1) is 6.33 Å². The highest BCUT2D eigenvalue weighted by Crippen LogP contribution is 2.13. The van der Waals surface area contributed by atoms with Crippen LogP contribution in [-0.4, -0.2) is 44.4 Å². The summed E-state index contributed by atoms with van der Waals surface area (Å²) in [7, 11) is 3.40. The molecule has 0 bridgehead atoms. The third kappa shape index (κ3) is 1.67. The van der Waals surface area contributed by atoms with Crippen molar-refractivity contribution in [3.63, 3.8) is 0 Å². The summed E-state index contributed by atoms with van der Waals surface area (Å²) in [5.74, 6) is 0.289. The monoisotopic (exact) mass is 220 g/mol. The van der Waals surface area contributed by atoms with E-state index in [2.05, 4.69) is 15.0 Å². The third-order valence-corrected chi connectivity index (χ3v) is 2.23. The van der Waals surface area contributed by atoms with Gasteiger partial charge >= 0.3 is 0 Å². The second kappa shape index (κ2) is 3.76. The Kier molecular flexibility index (Phi) is 2.43. The van der Waals surface area contributed by atoms with Crippen molar-refractivity contribution in [2.24, 2.45) is 0 Å². The number of carbonyl (C=O) groups excluding carboxylic acids is 1. The van der Waals surface area contributed by atoms with E-state index < -0.39 is 0 Å². The average Bonchev–Trinajstić information content (AvgIpc) is 2.63. The fourth-order valence-electron chi connectivity index (χ4n) is 1.30. The van der Waals surface area contributed by atoms with E-state index in [1.165, 1.54) is 17.6 Å². The summed E-state index contributed by atoms with van der Waals surface area (Å²) in [4.78, 5) is 25.0. The van der Waals surface area contributed by atoms with E-state index in [0.29, 0.717) is 17.0 Å². The largest absolute Gasteiger partial charge is 0.382 e. The van der Waals surface area contributed by atoms with E-state index in [1.54, 1.807) is 18.7 Å². The fourth-order valence-corrected chi connectivity index (χ4v) is 1.30. The second-order valence-electron chi connectivity index (χ2n) is 3.59. The summed E-state index contributed by atoms with van der Waals surface area (Å²) in [6.07, 6.45) is 2.90. The first-order chi connectivity index (χ1) is 7.59. The molecule has 7 nitrogen and oxygen atoms in total. The summed E-state index contributed by atoms with van der Waals surface area (Å²) in [6.45, 7) is 0.194. The molecular formula is C9H12N6O. The molecule has 2 aromatic heterocycles. The van der Waals surface area contributed by atoms with Gasteiger partial charge < -0.3 is 15.2 Å². The number of nitrogens with zero attached hydrogens (tertiary/aromatic N) is 5. The predicted molar refractivity (Wildman–Crippen MR) is 58.4 cm³/mol. The van der Waals surface area contributed by atoms with Gasteiger partial charge in [-0.3, -0.25) is 4.79 Å². The minimum Gasteiger partial charge on any atom is -0.382 e. The maximum absolute atomic E-state index is 11.5. The van der Waals surface area contributed by atoms with Crippen LogP contribution in [0.1, 0.15) is 0 Å². The number of aromatic nitrogens is 4. The van der Waals surface area contributed by atoms with Gasteiger partial charge in [0.15, 0.2) is 11.5 Å². The summed E-state index contributed by atoms with van der Waals surface area (Å²) >= 11 is 0. The number of anilines is 1. The molecule has 0 unspecified atom stereocenters. The Morgan fingerprint density at radius 1 is 1.44 bits per heavy atom. The Hall–Kier alpha value is -2.18. The number of likely N-dealkylation sites (N-methyl/N-ethyl adjacent to an activating group) is 1. The Morgan fingerprint density at radius 3 is 2.88 bits per heavy atom. The van der Waals surface area contributed by atoms with Crippen LogP contribution in [-0.2, 0) is 11.3 Å². The molecule has 2 N–H and O–H groups in total. The van der Waals surface area contributed by atoms with Crippen molar-refractivity contribution in [2.75, 3.05) is 19.8 Å². The Morgan fingerprint density at radius 2 is 2.19 bits per heavy atom. The zero-order chi connectivity index (χ0) is 11.7. The Bertz CT molecular complexity index is 532. The highest BCUT2D eigenvalue weighted by molar-refractivity contribution is 5.83. The van der Waals surface area contributed by atoms with Crippen molar-refractivity contribution in [3.8, 4) is 0 Å². The first-order valence-corrected chi connectivity index (χ1v) is 4.71. The van der Waals surface area contributed by atoms with Gasteiger partial charge in [0, 0.05) is 14.1 Å². The summed E-state index contributed by atoms with van der Waals surface area (Å²) in [6, 6.07) is 0. The van der Waals surface area contributed by atoms with E-state index in [-0.39, 0.29) is 12.5 Å². The molecule has 0 aromatic carbocycles. The molecule has 7 heteroatoms. The number of carbonyl (C=O) groups is 1. The predicted octanol–water partition coefficient (Wildman–Crippen LogP) is -0.503. The van der Waals surface area contributed by atoms with Crippen molar-refractivity contribution in [2.45, 2.75) is 6.54 Å². The quantitative estimate of drug-likeness (QED) is 0.736. The molecule has 0 aliphatic carbocycles. The molecular weight excluding hydrogens is 208 g/mol. The lowest BCUT2D eigenvalue weighted by Gasteiger charge is -2.10. The molecule has 0 aliphatic heterocycles. The van der Waals surface area contributed by atoms with Crippen molar-refractivity contribution in [1.82, 2.24) is 24.4 Å². The maximum Gasteiger partial charge on any atom is 0.242 e. The molecule has 2 aromatic rings. The van der Waals surface area contributed by atoms with E-state index in [1.807, 2.05) is 0 Å². The molecule has 2 rings (SSSR count). The van der Waals surface area contributed by atoms with Crippen molar-refractivity contribution < 1.29 is 4.79 Å². The molecule has 16 heavy (non-hydrogen) atoms. The van der Waals surface area contributed by atoms with Crippen LogP contribution in [0.15, 0.2) is 12.7 Å². The van der Waals surface area contributed by atoms with Crippen molar-refractivity contribution >= 4 is 22.9 Å². The van der Waals surface area contributed by atoms with Gasteiger partial charge in [-0.2, -0.15) is 0 Å². The molecule has 2 heterocycles. The smallest absolute Gasteiger partial charge is 0.242 e. The highest BCUT2D eigenvalue weighted by atomic mass is 16.2. The van der Waals surface area contributed by atoms with Crippen molar-refractivity contribution in [3.05, 3.63) is 12.7 Å². The average molecular weight is 220 g/mol. The van der Waals surface area contributed by atoms with Gasteiger partial charge in [-0.15, -0.1) is 0 Å². The first kappa shape index (κ1) is 10.3. The van der Waals surface area contributed by atoms with Crippen LogP contribution in [0.25, 0.3) is 11.2 Å². The first-order valence-electron chi connectivity index (χ1n) is 4.71. The minimum absolute atomic E-state index is 0.0310. The topological polar surface area (TPSA) is 89.9 Å². The SMILES string of the molecule is CN(C)C(=O)Cn1cnc2c(N)ncnc21. The summed E-state index contributed by atoms with van der Waals surface area (Å²) < 4.78 is 1.65. The Labute approximate surface area is 91.9 Å².